The first-order chi connectivity index (χ1) is 12.0. The molecular weight excluding hydrogens is 328 g/mol. The van der Waals surface area contributed by atoms with Crippen molar-refractivity contribution in [2.75, 3.05) is 26.3 Å². The van der Waals surface area contributed by atoms with Crippen molar-refractivity contribution in [1.29, 1.82) is 0 Å². The van der Waals surface area contributed by atoms with E-state index in [9.17, 15) is 19.2 Å². The van der Waals surface area contributed by atoms with Crippen LogP contribution in [-0.2, 0) is 28.7 Å². The van der Waals surface area contributed by atoms with Gasteiger partial charge in [0.05, 0.1) is 13.2 Å². The van der Waals surface area contributed by atoms with Crippen molar-refractivity contribution >= 4 is 23.8 Å². The van der Waals surface area contributed by atoms with Crippen molar-refractivity contribution in [3.05, 3.63) is 35.9 Å². The van der Waals surface area contributed by atoms with E-state index in [4.69, 9.17) is 9.47 Å². The van der Waals surface area contributed by atoms with Crippen LogP contribution in [0.25, 0.3) is 0 Å². The van der Waals surface area contributed by atoms with E-state index in [0.29, 0.717) is 5.56 Å². The van der Waals surface area contributed by atoms with Crippen molar-refractivity contribution in [3.8, 4) is 0 Å². The number of carbonyl (C=O) groups is 4. The molecule has 1 aromatic carbocycles. The topological polar surface area (TPSA) is 111 Å². The smallest absolute Gasteiger partial charge is 0.325 e. The summed E-state index contributed by atoms with van der Waals surface area (Å²) in [5.74, 6) is -3.74. The molecule has 136 valence electrons. The van der Waals surface area contributed by atoms with E-state index in [-0.39, 0.29) is 26.3 Å². The molecule has 0 heterocycles. The predicted octanol–water partition coefficient (Wildman–Crippen LogP) is 0.129. The lowest BCUT2D eigenvalue weighted by Crippen LogP contribution is -2.43. The highest BCUT2D eigenvalue weighted by atomic mass is 16.5. The van der Waals surface area contributed by atoms with Gasteiger partial charge >= 0.3 is 11.9 Å². The predicted molar refractivity (Wildman–Crippen MR) is 88.5 cm³/mol. The van der Waals surface area contributed by atoms with Crippen LogP contribution in [0.4, 0.5) is 0 Å². The zero-order valence-corrected chi connectivity index (χ0v) is 14.2. The van der Waals surface area contributed by atoms with Gasteiger partial charge in [-0.15, -0.1) is 0 Å². The van der Waals surface area contributed by atoms with E-state index >= 15 is 0 Å². The highest BCUT2D eigenvalue weighted by Gasteiger charge is 2.29. The Bertz CT molecular complexity index is 568. The summed E-state index contributed by atoms with van der Waals surface area (Å²) in [5, 5.41) is 4.74. The molecule has 0 saturated carbocycles. The van der Waals surface area contributed by atoms with Crippen LogP contribution in [0, 0.1) is 0 Å². The number of amides is 2. The molecule has 0 aliphatic carbocycles. The van der Waals surface area contributed by atoms with Gasteiger partial charge in [-0.05, 0) is 19.4 Å². The molecule has 1 rings (SSSR count). The minimum absolute atomic E-state index is 0.191. The Morgan fingerprint density at radius 3 is 1.68 bits per heavy atom. The van der Waals surface area contributed by atoms with Crippen LogP contribution in [-0.4, -0.2) is 50.1 Å². The zero-order valence-electron chi connectivity index (χ0n) is 14.2. The van der Waals surface area contributed by atoms with Crippen LogP contribution in [0.2, 0.25) is 0 Å². The summed E-state index contributed by atoms with van der Waals surface area (Å²) >= 11 is 0. The second kappa shape index (κ2) is 10.8. The van der Waals surface area contributed by atoms with Crippen molar-refractivity contribution in [2.45, 2.75) is 19.8 Å². The van der Waals surface area contributed by atoms with E-state index in [1.807, 2.05) is 0 Å². The van der Waals surface area contributed by atoms with Gasteiger partial charge in [0.1, 0.15) is 19.0 Å². The second-order valence-electron chi connectivity index (χ2n) is 4.89. The maximum absolute atomic E-state index is 12.4. The average molecular weight is 350 g/mol. The molecule has 25 heavy (non-hydrogen) atoms. The van der Waals surface area contributed by atoms with Crippen LogP contribution in [0.3, 0.4) is 0 Å². The fourth-order valence-electron chi connectivity index (χ4n) is 2.01. The van der Waals surface area contributed by atoms with Crippen LogP contribution >= 0.6 is 0 Å². The van der Waals surface area contributed by atoms with Crippen molar-refractivity contribution in [2.24, 2.45) is 0 Å². The molecule has 0 aromatic heterocycles. The molecule has 8 heteroatoms. The third kappa shape index (κ3) is 7.03. The van der Waals surface area contributed by atoms with Crippen molar-refractivity contribution in [3.63, 3.8) is 0 Å². The fraction of sp³-hybridized carbons (Fsp3) is 0.412. The summed E-state index contributed by atoms with van der Waals surface area (Å²) in [4.78, 5) is 47.5. The summed E-state index contributed by atoms with van der Waals surface area (Å²) < 4.78 is 9.46. The summed E-state index contributed by atoms with van der Waals surface area (Å²) in [6.45, 7) is 2.99. The molecule has 1 aromatic rings. The fourth-order valence-corrected chi connectivity index (χ4v) is 2.01. The van der Waals surface area contributed by atoms with E-state index in [1.165, 1.54) is 0 Å². The van der Waals surface area contributed by atoms with Crippen LogP contribution in [0.1, 0.15) is 25.3 Å². The standard InChI is InChI=1S/C17H22N2O6/c1-3-24-13(20)10-18-16(22)15(12-8-6-5-7-9-12)17(23)19-11-14(21)25-4-2/h5-9,15H,3-4,10-11H2,1-2H3,(H,18,22)(H,19,23). The molecule has 0 unspecified atom stereocenters. The lowest BCUT2D eigenvalue weighted by molar-refractivity contribution is -0.145. The van der Waals surface area contributed by atoms with Crippen LogP contribution < -0.4 is 10.6 Å². The average Bonchev–Trinajstić information content (AvgIpc) is 2.60. The molecule has 0 radical (unpaired) electrons. The van der Waals surface area contributed by atoms with E-state index in [1.54, 1.807) is 44.2 Å². The lowest BCUT2D eigenvalue weighted by atomic mass is 9.97. The van der Waals surface area contributed by atoms with Crippen LogP contribution in [0.15, 0.2) is 30.3 Å². The minimum Gasteiger partial charge on any atom is -0.465 e. The number of esters is 2. The van der Waals surface area contributed by atoms with Gasteiger partial charge in [0.15, 0.2) is 0 Å². The Hall–Kier alpha value is -2.90. The molecule has 2 amide bonds. The lowest BCUT2D eigenvalue weighted by Gasteiger charge is -2.16. The summed E-state index contributed by atoms with van der Waals surface area (Å²) in [6, 6.07) is 8.32. The van der Waals surface area contributed by atoms with E-state index < -0.39 is 29.7 Å². The number of benzene rings is 1. The molecule has 0 atom stereocenters. The number of nitrogens with one attached hydrogen (secondary N) is 2. The zero-order chi connectivity index (χ0) is 18.7. The Balaban J connectivity index is 2.79. The SMILES string of the molecule is CCOC(=O)CNC(=O)C(C(=O)NCC(=O)OCC)c1ccccc1. The quantitative estimate of drug-likeness (QED) is 0.484. The molecular formula is C17H22N2O6. The van der Waals surface area contributed by atoms with Crippen LogP contribution in [0.5, 0.6) is 0 Å². The molecule has 0 aliphatic rings. The second-order valence-corrected chi connectivity index (χ2v) is 4.89. The van der Waals surface area contributed by atoms with Gasteiger partial charge in [-0.3, -0.25) is 19.2 Å². The van der Waals surface area contributed by atoms with Gasteiger partial charge in [-0.1, -0.05) is 30.3 Å². The van der Waals surface area contributed by atoms with E-state index in [0.717, 1.165) is 0 Å². The first kappa shape index (κ1) is 20.1. The summed E-state index contributed by atoms with van der Waals surface area (Å²) in [6.07, 6.45) is 0. The van der Waals surface area contributed by atoms with Gasteiger partial charge in [0, 0.05) is 0 Å². The largest absolute Gasteiger partial charge is 0.465 e. The monoisotopic (exact) mass is 350 g/mol. The molecule has 8 nitrogen and oxygen atoms in total. The first-order valence-electron chi connectivity index (χ1n) is 7.91. The number of hydrogen-bond acceptors (Lipinski definition) is 6. The highest BCUT2D eigenvalue weighted by Crippen LogP contribution is 2.16. The highest BCUT2D eigenvalue weighted by molar-refractivity contribution is 6.06. The van der Waals surface area contributed by atoms with Crippen molar-refractivity contribution in [1.82, 2.24) is 10.6 Å². The Morgan fingerprint density at radius 1 is 0.840 bits per heavy atom. The molecule has 0 bridgehead atoms. The number of ether oxygens (including phenoxy) is 2. The first-order valence-corrected chi connectivity index (χ1v) is 7.91. The van der Waals surface area contributed by atoms with Gasteiger partial charge in [-0.25, -0.2) is 0 Å². The molecule has 0 spiro atoms. The summed E-state index contributed by atoms with van der Waals surface area (Å²) in [7, 11) is 0. The van der Waals surface area contributed by atoms with Gasteiger partial charge in [-0.2, -0.15) is 0 Å². The van der Waals surface area contributed by atoms with Gasteiger partial charge < -0.3 is 20.1 Å². The van der Waals surface area contributed by atoms with Gasteiger partial charge in [0.2, 0.25) is 11.8 Å². The molecule has 0 aliphatic heterocycles. The Labute approximate surface area is 145 Å². The van der Waals surface area contributed by atoms with Crippen molar-refractivity contribution < 1.29 is 28.7 Å². The number of rotatable bonds is 9. The maximum Gasteiger partial charge on any atom is 0.325 e. The normalized spacial score (nSPS) is 10.0. The molecule has 0 fully saturated rings. The summed E-state index contributed by atoms with van der Waals surface area (Å²) in [5.41, 5.74) is 0.435. The van der Waals surface area contributed by atoms with Gasteiger partial charge in [0.25, 0.3) is 0 Å². The van der Waals surface area contributed by atoms with E-state index in [2.05, 4.69) is 10.6 Å². The minimum atomic E-state index is -1.20. The Kier molecular flexibility index (Phi) is 8.70. The number of carbonyl (C=O) groups excluding carboxylic acids is 4. The third-order valence-corrected chi connectivity index (χ3v) is 3.08. The molecule has 2 N–H and O–H groups in total. The molecule has 0 saturated heterocycles. The maximum atomic E-state index is 12.4. The Morgan fingerprint density at radius 2 is 1.28 bits per heavy atom. The third-order valence-electron chi connectivity index (χ3n) is 3.08. The number of hydrogen-bond donors (Lipinski definition) is 2.